The highest BCUT2D eigenvalue weighted by molar-refractivity contribution is 8.00. The largest absolute Gasteiger partial charge is 0.395 e. The van der Waals surface area contributed by atoms with E-state index in [2.05, 4.69) is 15.6 Å². The van der Waals surface area contributed by atoms with Crippen molar-refractivity contribution in [2.75, 3.05) is 31.6 Å². The van der Waals surface area contributed by atoms with Crippen molar-refractivity contribution in [3.63, 3.8) is 0 Å². The maximum atomic E-state index is 11.8. The number of aliphatic hydroxyl groups excluding tert-OH is 1. The second-order valence-electron chi connectivity index (χ2n) is 6.11. The Morgan fingerprint density at radius 2 is 2.19 bits per heavy atom. The molecule has 140 valence electrons. The van der Waals surface area contributed by atoms with Crippen LogP contribution in [0.3, 0.4) is 0 Å². The number of rotatable bonds is 7. The first kappa shape index (κ1) is 17.9. The lowest BCUT2D eigenvalue weighted by Gasteiger charge is -2.18. The fourth-order valence-corrected chi connectivity index (χ4v) is 4.30. The average molecular weight is 384 g/mol. The second-order valence-corrected chi connectivity index (χ2v) is 7.16. The molecule has 3 heterocycles. The minimum atomic E-state index is -0.231. The molecule has 3 aromatic rings. The van der Waals surface area contributed by atoms with Crippen LogP contribution in [0.4, 0.5) is 5.69 Å². The second kappa shape index (κ2) is 7.65. The lowest BCUT2D eigenvalue weighted by molar-refractivity contribution is -0.114. The zero-order valence-electron chi connectivity index (χ0n) is 14.6. The number of nitrogens with one attached hydrogen (secondary N) is 2. The van der Waals surface area contributed by atoms with Gasteiger partial charge in [-0.1, -0.05) is 11.8 Å². The van der Waals surface area contributed by atoms with E-state index in [1.807, 2.05) is 29.1 Å². The molecule has 0 saturated carbocycles. The maximum absolute atomic E-state index is 11.8. The normalized spacial score (nSPS) is 12.2. The molecule has 1 aromatic carbocycles. The van der Waals surface area contributed by atoms with E-state index in [9.17, 15) is 4.79 Å². The summed E-state index contributed by atoms with van der Waals surface area (Å²) in [5.74, 6) is -0.231. The van der Waals surface area contributed by atoms with Gasteiger partial charge in [0.15, 0.2) is 0 Å². The molecule has 5 N–H and O–H groups in total. The van der Waals surface area contributed by atoms with Crippen LogP contribution in [0.15, 0.2) is 40.4 Å². The SMILES string of the molecule is NCC(=O)Nc1ccc2c3c(nn2CCNCCO)-c2ccncc2Sc13. The highest BCUT2D eigenvalue weighted by Gasteiger charge is 2.26. The van der Waals surface area contributed by atoms with E-state index in [4.69, 9.17) is 15.9 Å². The van der Waals surface area contributed by atoms with Gasteiger partial charge in [0.1, 0.15) is 5.69 Å². The topological polar surface area (TPSA) is 118 Å². The Morgan fingerprint density at radius 3 is 3.00 bits per heavy atom. The van der Waals surface area contributed by atoms with E-state index in [-0.39, 0.29) is 19.1 Å². The predicted octanol–water partition coefficient (Wildman–Crippen LogP) is 1.04. The highest BCUT2D eigenvalue weighted by Crippen LogP contribution is 2.49. The van der Waals surface area contributed by atoms with Crippen molar-refractivity contribution >= 4 is 34.3 Å². The zero-order chi connectivity index (χ0) is 18.8. The lowest BCUT2D eigenvalue weighted by Crippen LogP contribution is -2.23. The van der Waals surface area contributed by atoms with Gasteiger partial charge in [0.05, 0.1) is 30.9 Å². The van der Waals surface area contributed by atoms with Crippen molar-refractivity contribution in [1.29, 1.82) is 0 Å². The Kier molecular flexibility index (Phi) is 5.08. The van der Waals surface area contributed by atoms with E-state index in [1.54, 1.807) is 18.0 Å². The highest BCUT2D eigenvalue weighted by atomic mass is 32.2. The fraction of sp³-hybridized carbons (Fsp3) is 0.278. The molecule has 2 aromatic heterocycles. The van der Waals surface area contributed by atoms with Gasteiger partial charge >= 0.3 is 0 Å². The Hall–Kier alpha value is -2.46. The number of amides is 1. The Balaban J connectivity index is 1.82. The molecule has 0 radical (unpaired) electrons. The molecule has 1 aliphatic heterocycles. The van der Waals surface area contributed by atoms with Gasteiger partial charge < -0.3 is 21.5 Å². The number of fused-ring (bicyclic) bond motifs is 2. The quantitative estimate of drug-likeness (QED) is 0.352. The van der Waals surface area contributed by atoms with Crippen LogP contribution >= 0.6 is 11.8 Å². The van der Waals surface area contributed by atoms with Crippen molar-refractivity contribution in [1.82, 2.24) is 20.1 Å². The third-order valence-electron chi connectivity index (χ3n) is 4.37. The zero-order valence-corrected chi connectivity index (χ0v) is 15.4. The number of anilines is 1. The number of nitrogens with two attached hydrogens (primary N) is 1. The number of aliphatic hydroxyl groups is 1. The summed E-state index contributed by atoms with van der Waals surface area (Å²) in [5.41, 5.74) is 9.13. The summed E-state index contributed by atoms with van der Waals surface area (Å²) in [4.78, 5) is 18.0. The van der Waals surface area contributed by atoms with Crippen LogP contribution in [-0.4, -0.2) is 52.0 Å². The number of nitrogens with zero attached hydrogens (tertiary/aromatic N) is 3. The summed E-state index contributed by atoms with van der Waals surface area (Å²) in [6.45, 7) is 1.97. The van der Waals surface area contributed by atoms with E-state index in [1.165, 1.54) is 0 Å². The summed E-state index contributed by atoms with van der Waals surface area (Å²) < 4.78 is 1.96. The molecule has 1 aliphatic rings. The molecule has 0 aliphatic carbocycles. The first-order valence-electron chi connectivity index (χ1n) is 8.70. The van der Waals surface area contributed by atoms with Gasteiger partial charge in [-0.2, -0.15) is 5.10 Å². The Labute approximate surface area is 160 Å². The van der Waals surface area contributed by atoms with Crippen LogP contribution < -0.4 is 16.4 Å². The molecule has 0 saturated heterocycles. The third-order valence-corrected chi connectivity index (χ3v) is 5.54. The minimum absolute atomic E-state index is 0.0665. The van der Waals surface area contributed by atoms with Crippen molar-refractivity contribution < 1.29 is 9.90 Å². The summed E-state index contributed by atoms with van der Waals surface area (Å²) >= 11 is 1.58. The van der Waals surface area contributed by atoms with Gasteiger partial charge in [0.25, 0.3) is 0 Å². The van der Waals surface area contributed by atoms with Crippen LogP contribution in [0.25, 0.3) is 22.2 Å². The first-order chi connectivity index (χ1) is 13.2. The summed E-state index contributed by atoms with van der Waals surface area (Å²) in [6.07, 6.45) is 3.58. The predicted molar refractivity (Wildman–Crippen MR) is 105 cm³/mol. The molecule has 0 fully saturated rings. The molecule has 1 amide bonds. The van der Waals surface area contributed by atoms with Gasteiger partial charge in [0.2, 0.25) is 5.91 Å². The monoisotopic (exact) mass is 384 g/mol. The third kappa shape index (κ3) is 3.30. The van der Waals surface area contributed by atoms with Gasteiger partial charge in [-0.05, 0) is 18.2 Å². The molecule has 4 rings (SSSR count). The number of hydrogen-bond donors (Lipinski definition) is 4. The Morgan fingerprint density at radius 1 is 1.30 bits per heavy atom. The van der Waals surface area contributed by atoms with Gasteiger partial charge in [-0.15, -0.1) is 0 Å². The van der Waals surface area contributed by atoms with Gasteiger partial charge in [-0.3, -0.25) is 14.5 Å². The molecule has 8 nitrogen and oxygen atoms in total. The average Bonchev–Trinajstić information content (AvgIpc) is 3.07. The van der Waals surface area contributed by atoms with E-state index < -0.39 is 0 Å². The molecule has 27 heavy (non-hydrogen) atoms. The molecular formula is C18H20N6O2S. The maximum Gasteiger partial charge on any atom is 0.238 e. The number of pyridine rings is 1. The number of carbonyl (C=O) groups is 1. The Bertz CT molecular complexity index is 1000. The molecular weight excluding hydrogens is 364 g/mol. The van der Waals surface area contributed by atoms with Crippen molar-refractivity contribution in [3.8, 4) is 11.3 Å². The standard InChI is InChI=1S/C18H20N6O2S/c19-9-15(26)22-12-1-2-13-16-17(23-24(13)7-5-20-6-8-25)11-3-4-21-10-14(11)27-18(12)16/h1-4,10,20,25H,5-9,19H2,(H,22,26). The van der Waals surface area contributed by atoms with Crippen LogP contribution in [0.5, 0.6) is 0 Å². The number of carbonyl (C=O) groups excluding carboxylic acids is 1. The smallest absolute Gasteiger partial charge is 0.238 e. The molecule has 0 spiro atoms. The minimum Gasteiger partial charge on any atom is -0.395 e. The molecule has 0 bridgehead atoms. The summed E-state index contributed by atoms with van der Waals surface area (Å²) in [7, 11) is 0. The lowest BCUT2D eigenvalue weighted by atomic mass is 10.1. The fourth-order valence-electron chi connectivity index (χ4n) is 3.16. The van der Waals surface area contributed by atoms with Crippen LogP contribution in [0.1, 0.15) is 0 Å². The van der Waals surface area contributed by atoms with Crippen molar-refractivity contribution in [2.24, 2.45) is 5.73 Å². The summed E-state index contributed by atoms with van der Waals surface area (Å²) in [6, 6.07) is 5.83. The van der Waals surface area contributed by atoms with Crippen LogP contribution in [0.2, 0.25) is 0 Å². The van der Waals surface area contributed by atoms with E-state index in [0.717, 1.165) is 37.6 Å². The first-order valence-corrected chi connectivity index (χ1v) is 9.52. The summed E-state index contributed by atoms with van der Waals surface area (Å²) in [5, 5.41) is 20.8. The van der Waals surface area contributed by atoms with Gasteiger partial charge in [0, 0.05) is 46.2 Å². The van der Waals surface area contributed by atoms with Crippen molar-refractivity contribution in [3.05, 3.63) is 30.6 Å². The molecule has 0 unspecified atom stereocenters. The van der Waals surface area contributed by atoms with Crippen LogP contribution in [-0.2, 0) is 11.3 Å². The molecule has 0 atom stereocenters. The van der Waals surface area contributed by atoms with Crippen LogP contribution in [0, 0.1) is 0 Å². The van der Waals surface area contributed by atoms with E-state index >= 15 is 0 Å². The number of benzene rings is 1. The molecule has 9 heteroatoms. The van der Waals surface area contributed by atoms with Gasteiger partial charge in [-0.25, -0.2) is 0 Å². The van der Waals surface area contributed by atoms with E-state index in [0.29, 0.717) is 19.6 Å². The number of hydrogen-bond acceptors (Lipinski definition) is 7. The number of aromatic nitrogens is 3. The van der Waals surface area contributed by atoms with Crippen molar-refractivity contribution in [2.45, 2.75) is 16.3 Å².